The van der Waals surface area contributed by atoms with Gasteiger partial charge in [-0.2, -0.15) is 0 Å². The summed E-state index contributed by atoms with van der Waals surface area (Å²) < 4.78 is 24.7. The van der Waals surface area contributed by atoms with Crippen molar-refractivity contribution in [2.45, 2.75) is 38.7 Å². The Morgan fingerprint density at radius 1 is 1.21 bits per heavy atom. The number of nitrogens with one attached hydrogen (secondary N) is 1. The van der Waals surface area contributed by atoms with E-state index in [4.69, 9.17) is 0 Å². The molecule has 132 valence electrons. The average Bonchev–Trinajstić information content (AvgIpc) is 2.55. The van der Waals surface area contributed by atoms with Gasteiger partial charge >= 0.3 is 0 Å². The van der Waals surface area contributed by atoms with Crippen molar-refractivity contribution in [3.05, 3.63) is 35.9 Å². The van der Waals surface area contributed by atoms with E-state index < -0.39 is 6.43 Å². The highest BCUT2D eigenvalue weighted by Gasteiger charge is 2.27. The highest BCUT2D eigenvalue weighted by Crippen LogP contribution is 2.18. The fraction of sp³-hybridized carbons (Fsp3) is 0.556. The maximum absolute atomic E-state index is 12.4. The van der Waals surface area contributed by atoms with Gasteiger partial charge in [0, 0.05) is 23.9 Å². The van der Waals surface area contributed by atoms with Crippen LogP contribution in [-0.4, -0.2) is 48.7 Å². The van der Waals surface area contributed by atoms with Crippen molar-refractivity contribution in [1.82, 2.24) is 10.2 Å². The van der Waals surface area contributed by atoms with Crippen LogP contribution in [0.3, 0.4) is 0 Å². The van der Waals surface area contributed by atoms with Gasteiger partial charge in [0.05, 0.1) is 6.54 Å². The predicted molar refractivity (Wildman–Crippen MR) is 88.2 cm³/mol. The van der Waals surface area contributed by atoms with E-state index in [9.17, 15) is 18.4 Å². The van der Waals surface area contributed by atoms with Gasteiger partial charge in [0.1, 0.15) is 0 Å². The molecule has 1 aliphatic heterocycles. The number of likely N-dealkylation sites (tertiary alicyclic amines) is 1. The van der Waals surface area contributed by atoms with Crippen LogP contribution >= 0.6 is 0 Å². The lowest BCUT2D eigenvalue weighted by molar-refractivity contribution is -0.127. The van der Waals surface area contributed by atoms with Gasteiger partial charge in [-0.25, -0.2) is 8.78 Å². The van der Waals surface area contributed by atoms with Crippen LogP contribution in [0, 0.1) is 5.92 Å². The first-order valence-electron chi connectivity index (χ1n) is 8.35. The fourth-order valence-corrected chi connectivity index (χ4v) is 3.00. The van der Waals surface area contributed by atoms with Crippen LogP contribution in [0.2, 0.25) is 0 Å². The Bertz CT molecular complexity index is 543. The summed E-state index contributed by atoms with van der Waals surface area (Å²) in [7, 11) is 0. The van der Waals surface area contributed by atoms with Crippen molar-refractivity contribution >= 4 is 11.7 Å². The van der Waals surface area contributed by atoms with Gasteiger partial charge in [-0.3, -0.25) is 14.5 Å². The van der Waals surface area contributed by atoms with Crippen LogP contribution in [0.1, 0.15) is 36.5 Å². The summed E-state index contributed by atoms with van der Waals surface area (Å²) in [5.41, 5.74) is 0.638. The third-order valence-corrected chi connectivity index (χ3v) is 4.33. The number of ketones is 1. The minimum absolute atomic E-state index is 0.00449. The Hall–Kier alpha value is -1.82. The molecular formula is C18H24F2N2O2. The van der Waals surface area contributed by atoms with E-state index in [-0.39, 0.29) is 36.6 Å². The van der Waals surface area contributed by atoms with Crippen LogP contribution in [0.25, 0.3) is 0 Å². The maximum Gasteiger partial charge on any atom is 0.251 e. The Morgan fingerprint density at radius 3 is 2.42 bits per heavy atom. The quantitative estimate of drug-likeness (QED) is 0.778. The van der Waals surface area contributed by atoms with Crippen molar-refractivity contribution in [2.75, 3.05) is 19.6 Å². The fourth-order valence-electron chi connectivity index (χ4n) is 3.00. The van der Waals surface area contributed by atoms with Crippen molar-refractivity contribution in [1.29, 1.82) is 0 Å². The second-order valence-corrected chi connectivity index (χ2v) is 6.37. The molecule has 1 aromatic rings. The van der Waals surface area contributed by atoms with E-state index >= 15 is 0 Å². The van der Waals surface area contributed by atoms with Crippen LogP contribution in [0.4, 0.5) is 8.78 Å². The normalized spacial score (nSPS) is 17.7. The van der Waals surface area contributed by atoms with Gasteiger partial charge in [0.15, 0.2) is 5.78 Å². The SMILES string of the molecule is C[C@H](CC(=O)c1ccccc1)NC(=O)C1CCN(CC(F)F)CC1. The van der Waals surface area contributed by atoms with Gasteiger partial charge in [-0.05, 0) is 32.9 Å². The van der Waals surface area contributed by atoms with Crippen LogP contribution < -0.4 is 5.32 Å². The Kier molecular flexibility index (Phi) is 6.85. The van der Waals surface area contributed by atoms with E-state index in [1.54, 1.807) is 17.0 Å². The standard InChI is InChI=1S/C18H24F2N2O2/c1-13(11-16(23)14-5-3-2-4-6-14)21-18(24)15-7-9-22(10-8-15)12-17(19)20/h2-6,13,15,17H,7-12H2,1H3,(H,21,24)/t13-/m1/s1. The molecule has 0 unspecified atom stereocenters. The van der Waals surface area contributed by atoms with Crippen molar-refractivity contribution in [3.63, 3.8) is 0 Å². The monoisotopic (exact) mass is 338 g/mol. The lowest BCUT2D eigenvalue weighted by Crippen LogP contribution is -2.44. The third kappa shape index (κ3) is 5.67. The number of carbonyl (C=O) groups excluding carboxylic acids is 2. The van der Waals surface area contributed by atoms with E-state index in [1.807, 2.05) is 25.1 Å². The summed E-state index contributed by atoms with van der Waals surface area (Å²) in [6.07, 6.45) is -0.921. The number of carbonyl (C=O) groups is 2. The lowest BCUT2D eigenvalue weighted by Gasteiger charge is -2.31. The largest absolute Gasteiger partial charge is 0.353 e. The summed E-state index contributed by atoms with van der Waals surface area (Å²) in [5.74, 6) is -0.247. The smallest absolute Gasteiger partial charge is 0.251 e. The molecule has 2 rings (SSSR count). The minimum atomic E-state index is -2.33. The molecule has 1 amide bonds. The molecule has 1 heterocycles. The van der Waals surface area contributed by atoms with Gasteiger partial charge in [-0.1, -0.05) is 30.3 Å². The summed E-state index contributed by atoms with van der Waals surface area (Å²) in [5, 5.41) is 2.88. The first-order valence-corrected chi connectivity index (χ1v) is 8.35. The second kappa shape index (κ2) is 8.87. The van der Waals surface area contributed by atoms with Gasteiger partial charge < -0.3 is 5.32 Å². The lowest BCUT2D eigenvalue weighted by atomic mass is 9.95. The first kappa shape index (κ1) is 18.5. The van der Waals surface area contributed by atoms with Gasteiger partial charge in [0.25, 0.3) is 6.43 Å². The van der Waals surface area contributed by atoms with Crippen molar-refractivity contribution < 1.29 is 18.4 Å². The Morgan fingerprint density at radius 2 is 1.83 bits per heavy atom. The number of alkyl halides is 2. The molecule has 4 nitrogen and oxygen atoms in total. The third-order valence-electron chi connectivity index (χ3n) is 4.33. The second-order valence-electron chi connectivity index (χ2n) is 6.37. The number of hydrogen-bond donors (Lipinski definition) is 1. The molecule has 0 aromatic heterocycles. The number of halogens is 2. The molecule has 0 spiro atoms. The number of amides is 1. The van der Waals surface area contributed by atoms with Gasteiger partial charge in [0.2, 0.25) is 5.91 Å². The number of Topliss-reactive ketones (excluding diaryl/α,β-unsaturated/α-hetero) is 1. The van der Waals surface area contributed by atoms with Crippen molar-refractivity contribution in [2.24, 2.45) is 5.92 Å². The number of benzene rings is 1. The highest BCUT2D eigenvalue weighted by atomic mass is 19.3. The molecule has 6 heteroatoms. The average molecular weight is 338 g/mol. The van der Waals surface area contributed by atoms with Crippen LogP contribution in [-0.2, 0) is 4.79 Å². The van der Waals surface area contributed by atoms with Gasteiger partial charge in [-0.15, -0.1) is 0 Å². The molecular weight excluding hydrogens is 314 g/mol. The first-order chi connectivity index (χ1) is 11.5. The van der Waals surface area contributed by atoms with Crippen molar-refractivity contribution in [3.8, 4) is 0 Å². The summed E-state index contributed by atoms with van der Waals surface area (Å²) in [6, 6.07) is 8.74. The molecule has 0 radical (unpaired) electrons. The molecule has 1 aromatic carbocycles. The number of piperidine rings is 1. The molecule has 0 bridgehead atoms. The number of rotatable bonds is 7. The van der Waals surface area contributed by atoms with E-state index in [1.165, 1.54) is 0 Å². The summed E-state index contributed by atoms with van der Waals surface area (Å²) in [4.78, 5) is 26.1. The number of hydrogen-bond acceptors (Lipinski definition) is 3. The molecule has 1 N–H and O–H groups in total. The topological polar surface area (TPSA) is 49.4 Å². The zero-order valence-corrected chi connectivity index (χ0v) is 13.9. The molecule has 0 saturated carbocycles. The molecule has 1 saturated heterocycles. The Balaban J connectivity index is 1.75. The van der Waals surface area contributed by atoms with Crippen LogP contribution in [0.5, 0.6) is 0 Å². The minimum Gasteiger partial charge on any atom is -0.353 e. The zero-order valence-electron chi connectivity index (χ0n) is 13.9. The highest BCUT2D eigenvalue weighted by molar-refractivity contribution is 5.96. The molecule has 1 fully saturated rings. The predicted octanol–water partition coefficient (Wildman–Crippen LogP) is 2.74. The molecule has 1 atom stereocenters. The molecule has 0 aliphatic carbocycles. The summed E-state index contributed by atoms with van der Waals surface area (Å²) in [6.45, 7) is 2.61. The molecule has 24 heavy (non-hydrogen) atoms. The zero-order chi connectivity index (χ0) is 17.5. The van der Waals surface area contributed by atoms with E-state index in [0.717, 1.165) is 0 Å². The molecule has 1 aliphatic rings. The maximum atomic E-state index is 12.4. The Labute approximate surface area is 141 Å². The van der Waals surface area contributed by atoms with Crippen LogP contribution in [0.15, 0.2) is 30.3 Å². The van der Waals surface area contributed by atoms with E-state index in [0.29, 0.717) is 31.5 Å². The summed E-state index contributed by atoms with van der Waals surface area (Å²) >= 11 is 0. The van der Waals surface area contributed by atoms with E-state index in [2.05, 4.69) is 5.32 Å². The number of nitrogens with zero attached hydrogens (tertiary/aromatic N) is 1.